The Morgan fingerprint density at radius 3 is 2.43 bits per heavy atom. The summed E-state index contributed by atoms with van der Waals surface area (Å²) in [6.45, 7) is 0. The third-order valence-corrected chi connectivity index (χ3v) is 3.49. The molecule has 0 aliphatic rings. The van der Waals surface area contributed by atoms with Gasteiger partial charge in [-0.25, -0.2) is 4.39 Å². The Kier molecular flexibility index (Phi) is 4.55. The molecule has 0 aliphatic carbocycles. The lowest BCUT2D eigenvalue weighted by Gasteiger charge is -2.10. The highest BCUT2D eigenvalue weighted by Gasteiger charge is 2.08. The fourth-order valence-corrected chi connectivity index (χ4v) is 2.35. The summed E-state index contributed by atoms with van der Waals surface area (Å²) in [4.78, 5) is 4.24. The van der Waals surface area contributed by atoms with Crippen molar-refractivity contribution in [2.75, 3.05) is 10.6 Å². The Hall–Kier alpha value is -2.44. The van der Waals surface area contributed by atoms with Crippen LogP contribution in [0.3, 0.4) is 0 Å². The zero-order chi connectivity index (χ0) is 16.2. The van der Waals surface area contributed by atoms with Gasteiger partial charge in [0.15, 0.2) is 5.82 Å². The molecular weight excluding hydrogens is 340 g/mol. The van der Waals surface area contributed by atoms with Crippen molar-refractivity contribution in [3.63, 3.8) is 0 Å². The first-order chi connectivity index (χ1) is 11.1. The molecule has 23 heavy (non-hydrogen) atoms. The molecule has 0 unspecified atom stereocenters. The van der Waals surface area contributed by atoms with E-state index in [1.807, 2.05) is 0 Å². The van der Waals surface area contributed by atoms with Gasteiger partial charge in [0, 0.05) is 5.69 Å². The number of rotatable bonds is 4. The van der Waals surface area contributed by atoms with Crippen molar-refractivity contribution in [3.05, 3.63) is 64.5 Å². The Bertz CT molecular complexity index is 823. The molecular formula is C15H10Cl2FN5. The van der Waals surface area contributed by atoms with E-state index in [1.54, 1.807) is 30.3 Å². The number of anilines is 4. The summed E-state index contributed by atoms with van der Waals surface area (Å²) in [5.41, 5.74) is 1.03. The highest BCUT2D eigenvalue weighted by molar-refractivity contribution is 6.39. The Labute approximate surface area is 141 Å². The second kappa shape index (κ2) is 6.76. The highest BCUT2D eigenvalue weighted by atomic mass is 35.5. The van der Waals surface area contributed by atoms with Crippen LogP contribution in [0.1, 0.15) is 0 Å². The van der Waals surface area contributed by atoms with Crippen molar-refractivity contribution in [3.8, 4) is 0 Å². The van der Waals surface area contributed by atoms with Crippen molar-refractivity contribution in [1.29, 1.82) is 0 Å². The lowest BCUT2D eigenvalue weighted by molar-refractivity contribution is 0.628. The van der Waals surface area contributed by atoms with Gasteiger partial charge >= 0.3 is 0 Å². The molecule has 3 aromatic rings. The lowest BCUT2D eigenvalue weighted by Crippen LogP contribution is -2.03. The number of aromatic nitrogens is 3. The predicted molar refractivity (Wildman–Crippen MR) is 89.3 cm³/mol. The van der Waals surface area contributed by atoms with E-state index < -0.39 is 0 Å². The molecule has 0 radical (unpaired) electrons. The topological polar surface area (TPSA) is 62.7 Å². The Morgan fingerprint density at radius 2 is 1.70 bits per heavy atom. The van der Waals surface area contributed by atoms with Gasteiger partial charge in [-0.2, -0.15) is 10.1 Å². The van der Waals surface area contributed by atoms with Gasteiger partial charge in [-0.15, -0.1) is 5.10 Å². The number of nitrogens with zero attached hydrogens (tertiary/aromatic N) is 3. The van der Waals surface area contributed by atoms with Crippen molar-refractivity contribution in [2.45, 2.75) is 0 Å². The maximum absolute atomic E-state index is 13.2. The largest absolute Gasteiger partial charge is 0.336 e. The van der Waals surface area contributed by atoms with Gasteiger partial charge in [0.1, 0.15) is 5.82 Å². The molecule has 0 bridgehead atoms. The molecule has 0 aliphatic heterocycles. The van der Waals surface area contributed by atoms with Gasteiger partial charge in [0.25, 0.3) is 0 Å². The van der Waals surface area contributed by atoms with Crippen LogP contribution in [0, 0.1) is 5.82 Å². The van der Waals surface area contributed by atoms with Gasteiger partial charge in [0.2, 0.25) is 5.95 Å². The van der Waals surface area contributed by atoms with Gasteiger partial charge in [-0.05, 0) is 30.3 Å². The number of benzene rings is 2. The van der Waals surface area contributed by atoms with E-state index in [0.717, 1.165) is 0 Å². The second-order valence-electron chi connectivity index (χ2n) is 4.52. The average Bonchev–Trinajstić information content (AvgIpc) is 2.52. The third-order valence-electron chi connectivity index (χ3n) is 2.86. The minimum absolute atomic E-state index is 0.212. The minimum atomic E-state index is -0.361. The fourth-order valence-electron chi connectivity index (χ4n) is 1.86. The maximum atomic E-state index is 13.2. The number of halogens is 3. The van der Waals surface area contributed by atoms with Gasteiger partial charge in [0.05, 0.1) is 21.9 Å². The predicted octanol–water partition coefficient (Wildman–Crippen LogP) is 4.80. The first-order valence-corrected chi connectivity index (χ1v) is 7.31. The summed E-state index contributed by atoms with van der Waals surface area (Å²) in [5.74, 6) is 0.248. The molecule has 5 nitrogen and oxygen atoms in total. The molecule has 8 heteroatoms. The third kappa shape index (κ3) is 3.85. The monoisotopic (exact) mass is 349 g/mol. The number of para-hydroxylation sites is 1. The quantitative estimate of drug-likeness (QED) is 0.707. The van der Waals surface area contributed by atoms with Crippen LogP contribution < -0.4 is 10.6 Å². The zero-order valence-corrected chi connectivity index (χ0v) is 13.1. The van der Waals surface area contributed by atoms with Crippen LogP contribution in [0.4, 0.5) is 27.5 Å². The molecule has 3 rings (SSSR count). The molecule has 0 fully saturated rings. The van der Waals surface area contributed by atoms with Crippen LogP contribution in [-0.2, 0) is 0 Å². The van der Waals surface area contributed by atoms with Crippen molar-refractivity contribution in [2.24, 2.45) is 0 Å². The summed E-state index contributed by atoms with van der Waals surface area (Å²) in [6.07, 6.45) is 1.43. The molecule has 0 saturated heterocycles. The Balaban J connectivity index is 1.83. The van der Waals surface area contributed by atoms with Crippen LogP contribution >= 0.6 is 23.2 Å². The standard InChI is InChI=1S/C15H10Cl2FN5/c16-11-5-2-6-12(17)14(11)21-13-8-19-23-15(22-13)20-10-4-1-3-9(18)7-10/h1-8H,(H2,20,21,22,23). The Morgan fingerprint density at radius 1 is 0.957 bits per heavy atom. The normalized spacial score (nSPS) is 10.4. The lowest BCUT2D eigenvalue weighted by atomic mass is 10.3. The molecule has 0 saturated carbocycles. The first-order valence-electron chi connectivity index (χ1n) is 6.55. The first kappa shape index (κ1) is 15.5. The summed E-state index contributed by atoms with van der Waals surface area (Å²) < 4.78 is 13.2. The molecule has 0 atom stereocenters. The number of hydrogen-bond donors (Lipinski definition) is 2. The van der Waals surface area contributed by atoms with E-state index in [1.165, 1.54) is 18.3 Å². The van der Waals surface area contributed by atoms with E-state index in [-0.39, 0.29) is 11.8 Å². The number of nitrogens with one attached hydrogen (secondary N) is 2. The van der Waals surface area contributed by atoms with Crippen LogP contribution in [0.15, 0.2) is 48.7 Å². The second-order valence-corrected chi connectivity index (χ2v) is 5.34. The fraction of sp³-hybridized carbons (Fsp3) is 0. The van der Waals surface area contributed by atoms with Crippen LogP contribution in [0.5, 0.6) is 0 Å². The molecule has 2 aromatic carbocycles. The van der Waals surface area contributed by atoms with Gasteiger partial charge in [-0.3, -0.25) is 0 Å². The van der Waals surface area contributed by atoms with Crippen LogP contribution in [-0.4, -0.2) is 15.2 Å². The summed E-state index contributed by atoms with van der Waals surface area (Å²) >= 11 is 12.2. The molecule has 1 aromatic heterocycles. The van der Waals surface area contributed by atoms with Crippen LogP contribution in [0.25, 0.3) is 0 Å². The molecule has 116 valence electrons. The minimum Gasteiger partial charge on any atom is -0.336 e. The highest BCUT2D eigenvalue weighted by Crippen LogP contribution is 2.32. The zero-order valence-electron chi connectivity index (χ0n) is 11.6. The molecule has 0 amide bonds. The van der Waals surface area contributed by atoms with E-state index in [4.69, 9.17) is 23.2 Å². The van der Waals surface area contributed by atoms with E-state index in [2.05, 4.69) is 25.8 Å². The van der Waals surface area contributed by atoms with Crippen LogP contribution in [0.2, 0.25) is 10.0 Å². The van der Waals surface area contributed by atoms with E-state index >= 15 is 0 Å². The molecule has 0 spiro atoms. The SMILES string of the molecule is Fc1cccc(Nc2nncc(Nc3c(Cl)cccc3Cl)n2)c1. The molecule has 1 heterocycles. The summed E-state index contributed by atoms with van der Waals surface area (Å²) in [5, 5.41) is 14.5. The number of hydrogen-bond acceptors (Lipinski definition) is 5. The summed E-state index contributed by atoms with van der Waals surface area (Å²) in [7, 11) is 0. The van der Waals surface area contributed by atoms with Crippen molar-refractivity contribution in [1.82, 2.24) is 15.2 Å². The van der Waals surface area contributed by atoms with Gasteiger partial charge < -0.3 is 10.6 Å². The smallest absolute Gasteiger partial charge is 0.249 e. The van der Waals surface area contributed by atoms with Crippen molar-refractivity contribution < 1.29 is 4.39 Å². The van der Waals surface area contributed by atoms with E-state index in [9.17, 15) is 4.39 Å². The average molecular weight is 350 g/mol. The molecule has 2 N–H and O–H groups in total. The summed E-state index contributed by atoms with van der Waals surface area (Å²) in [6, 6.07) is 11.1. The van der Waals surface area contributed by atoms with Crippen molar-refractivity contribution >= 4 is 46.3 Å². The van der Waals surface area contributed by atoms with Gasteiger partial charge in [-0.1, -0.05) is 35.3 Å². The maximum Gasteiger partial charge on any atom is 0.249 e. The van der Waals surface area contributed by atoms with E-state index in [0.29, 0.717) is 27.2 Å².